The van der Waals surface area contributed by atoms with Crippen LogP contribution in [0, 0.1) is 12.7 Å². The Kier molecular flexibility index (Phi) is 5.20. The number of carboxylic acids is 1. The second-order valence-electron chi connectivity index (χ2n) is 6.42. The van der Waals surface area contributed by atoms with Crippen molar-refractivity contribution in [1.29, 1.82) is 0 Å². The molecule has 9 heteroatoms. The summed E-state index contributed by atoms with van der Waals surface area (Å²) in [4.78, 5) is 33.0. The third-order valence-electron chi connectivity index (χ3n) is 4.71. The van der Waals surface area contributed by atoms with Crippen LogP contribution >= 0.6 is 0 Å². The van der Waals surface area contributed by atoms with Crippen LogP contribution in [0.1, 0.15) is 22.5 Å². The molecule has 2 bridgehead atoms. The number of amides is 1. The molecule has 0 spiro atoms. The number of carbonyl (C=O) groups is 2. The van der Waals surface area contributed by atoms with Gasteiger partial charge in [0.1, 0.15) is 11.6 Å². The number of hydrogen-bond acceptors (Lipinski definition) is 6. The summed E-state index contributed by atoms with van der Waals surface area (Å²) >= 11 is 0. The van der Waals surface area contributed by atoms with Crippen LogP contribution in [-0.4, -0.2) is 53.6 Å². The van der Waals surface area contributed by atoms with Gasteiger partial charge in [-0.15, -0.1) is 0 Å². The van der Waals surface area contributed by atoms with Gasteiger partial charge >= 0.3 is 5.97 Å². The van der Waals surface area contributed by atoms with E-state index in [1.165, 1.54) is 6.07 Å². The summed E-state index contributed by atoms with van der Waals surface area (Å²) in [5.41, 5.74) is 1.64. The van der Waals surface area contributed by atoms with Gasteiger partial charge in [0.15, 0.2) is 11.5 Å². The van der Waals surface area contributed by atoms with E-state index in [2.05, 4.69) is 25.1 Å². The molecule has 142 valence electrons. The number of aryl methyl sites for hydroxylation is 1. The monoisotopic (exact) mass is 373 g/mol. The lowest BCUT2D eigenvalue weighted by Gasteiger charge is -2.34. The maximum absolute atomic E-state index is 12.6. The van der Waals surface area contributed by atoms with Gasteiger partial charge in [-0.05, 0) is 37.1 Å². The highest BCUT2D eigenvalue weighted by Crippen LogP contribution is 2.37. The second-order valence-corrected chi connectivity index (χ2v) is 6.42. The Hall–Kier alpha value is -3.23. The highest BCUT2D eigenvalue weighted by molar-refractivity contribution is 5.87. The van der Waals surface area contributed by atoms with Crippen molar-refractivity contribution in [1.82, 2.24) is 9.97 Å². The van der Waals surface area contributed by atoms with Crippen molar-refractivity contribution < 1.29 is 19.1 Å². The Morgan fingerprint density at radius 1 is 1.44 bits per heavy atom. The summed E-state index contributed by atoms with van der Waals surface area (Å²) in [5.74, 6) is -0.182. The summed E-state index contributed by atoms with van der Waals surface area (Å²) in [6.45, 7) is 3.67. The molecule has 1 unspecified atom stereocenters. The first-order chi connectivity index (χ1) is 12.9. The number of nitrogens with zero attached hydrogens (tertiary/aromatic N) is 4. The van der Waals surface area contributed by atoms with Gasteiger partial charge in [-0.25, -0.2) is 19.2 Å². The molecule has 1 fully saturated rings. The number of halogens is 1. The van der Waals surface area contributed by atoms with Crippen molar-refractivity contribution in [2.24, 2.45) is 0 Å². The average molecular weight is 373 g/mol. The molecule has 2 aliphatic rings. The minimum absolute atomic E-state index is 0.119. The number of hydrogen-bond donors (Lipinski definition) is 2. The number of pyridine rings is 2. The third kappa shape index (κ3) is 3.81. The molecule has 1 atom stereocenters. The maximum Gasteiger partial charge on any atom is 0.354 e. The van der Waals surface area contributed by atoms with E-state index in [0.717, 1.165) is 37.2 Å². The van der Waals surface area contributed by atoms with Crippen LogP contribution in [0.3, 0.4) is 0 Å². The average Bonchev–Trinajstić information content (AvgIpc) is 3.10. The Labute approximate surface area is 155 Å². The van der Waals surface area contributed by atoms with Crippen LogP contribution in [-0.2, 0) is 4.79 Å². The number of nitrogens with one attached hydrogen (secondary N) is 1. The molecule has 0 saturated carbocycles. The number of fused-ring (bicyclic) bond motifs is 4. The van der Waals surface area contributed by atoms with Crippen molar-refractivity contribution in [3.63, 3.8) is 0 Å². The van der Waals surface area contributed by atoms with Crippen molar-refractivity contribution in [2.75, 3.05) is 35.3 Å². The van der Waals surface area contributed by atoms with E-state index in [1.54, 1.807) is 13.0 Å². The maximum atomic E-state index is 12.6. The van der Waals surface area contributed by atoms with E-state index in [1.807, 2.05) is 13.1 Å². The molecular formula is C18H20FN5O3. The zero-order chi connectivity index (χ0) is 19.6. The predicted octanol–water partition coefficient (Wildman–Crippen LogP) is 1.91. The van der Waals surface area contributed by atoms with Gasteiger partial charge in [0.05, 0.1) is 11.9 Å². The Morgan fingerprint density at radius 3 is 2.89 bits per heavy atom. The number of rotatable bonds is 3. The summed E-state index contributed by atoms with van der Waals surface area (Å²) in [7, 11) is 1.99. The molecule has 2 aromatic heterocycles. The highest BCUT2D eigenvalue weighted by Gasteiger charge is 2.35. The number of aromatic nitrogens is 2. The minimum Gasteiger partial charge on any atom is -0.477 e. The number of carbonyl (C=O) groups excluding carboxylic acids is 1. The predicted molar refractivity (Wildman–Crippen MR) is 98.8 cm³/mol. The largest absolute Gasteiger partial charge is 0.477 e. The summed E-state index contributed by atoms with van der Waals surface area (Å²) in [5, 5.41) is 11.2. The van der Waals surface area contributed by atoms with E-state index >= 15 is 0 Å². The quantitative estimate of drug-likeness (QED) is 0.793. The topological polar surface area (TPSA) is 98.7 Å². The van der Waals surface area contributed by atoms with Gasteiger partial charge in [-0.2, -0.15) is 0 Å². The molecule has 27 heavy (non-hydrogen) atoms. The lowest BCUT2D eigenvalue weighted by atomic mass is 10.2. The van der Waals surface area contributed by atoms with Gasteiger partial charge in [0.25, 0.3) is 0 Å². The van der Waals surface area contributed by atoms with Crippen LogP contribution in [0.2, 0.25) is 0 Å². The molecule has 4 heterocycles. The Balaban J connectivity index is 0.000000168. The van der Waals surface area contributed by atoms with Gasteiger partial charge in [-0.3, -0.25) is 4.79 Å². The summed E-state index contributed by atoms with van der Waals surface area (Å²) in [6, 6.07) is 5.38. The Morgan fingerprint density at radius 2 is 2.22 bits per heavy atom. The smallest absolute Gasteiger partial charge is 0.354 e. The molecule has 2 aromatic rings. The molecule has 4 rings (SSSR count). The first-order valence-corrected chi connectivity index (χ1v) is 8.45. The van der Waals surface area contributed by atoms with Crippen LogP contribution in [0.4, 0.5) is 21.7 Å². The van der Waals surface area contributed by atoms with E-state index in [4.69, 9.17) is 5.11 Å². The van der Waals surface area contributed by atoms with Crippen LogP contribution in [0.15, 0.2) is 24.4 Å². The SMILES string of the molecule is CN1c2nc(C(=O)O)ccc2N2CCC1C2.Cc1cc(NC=O)ncc1F. The van der Waals surface area contributed by atoms with Gasteiger partial charge in [0, 0.05) is 26.2 Å². The van der Waals surface area contributed by atoms with Crippen LogP contribution in [0.25, 0.3) is 0 Å². The van der Waals surface area contributed by atoms with Gasteiger partial charge < -0.3 is 20.2 Å². The fraction of sp³-hybridized carbons (Fsp3) is 0.333. The number of carboxylic acid groups (broad SMARTS) is 1. The molecular weight excluding hydrogens is 353 g/mol. The highest BCUT2D eigenvalue weighted by atomic mass is 19.1. The molecule has 1 amide bonds. The summed E-state index contributed by atoms with van der Waals surface area (Å²) in [6.07, 6.45) is 2.69. The van der Waals surface area contributed by atoms with E-state index in [-0.39, 0.29) is 11.5 Å². The van der Waals surface area contributed by atoms with Gasteiger partial charge in [-0.1, -0.05) is 0 Å². The minimum atomic E-state index is -0.968. The van der Waals surface area contributed by atoms with Crippen LogP contribution in [0.5, 0.6) is 0 Å². The first kappa shape index (κ1) is 18.6. The molecule has 2 N–H and O–H groups in total. The van der Waals surface area contributed by atoms with Crippen molar-refractivity contribution in [2.45, 2.75) is 19.4 Å². The molecule has 0 radical (unpaired) electrons. The fourth-order valence-electron chi connectivity index (χ4n) is 3.19. The van der Waals surface area contributed by atoms with Crippen molar-refractivity contribution in [3.05, 3.63) is 41.5 Å². The third-order valence-corrected chi connectivity index (χ3v) is 4.71. The Bertz CT molecular complexity index is 876. The molecule has 0 aliphatic carbocycles. The van der Waals surface area contributed by atoms with E-state index < -0.39 is 5.97 Å². The lowest BCUT2D eigenvalue weighted by molar-refractivity contribution is -0.105. The summed E-state index contributed by atoms with van der Waals surface area (Å²) < 4.78 is 12.6. The molecule has 0 aromatic carbocycles. The molecule has 8 nitrogen and oxygen atoms in total. The van der Waals surface area contributed by atoms with Crippen molar-refractivity contribution in [3.8, 4) is 0 Å². The number of aromatic carboxylic acids is 1. The second kappa shape index (κ2) is 7.56. The normalized spacial score (nSPS) is 16.9. The number of likely N-dealkylation sites (N-methyl/N-ethyl adjacent to an activating group) is 1. The first-order valence-electron chi connectivity index (χ1n) is 8.45. The van der Waals surface area contributed by atoms with E-state index in [9.17, 15) is 14.0 Å². The lowest BCUT2D eigenvalue weighted by Crippen LogP contribution is -2.40. The van der Waals surface area contributed by atoms with Crippen molar-refractivity contribution >= 4 is 29.7 Å². The fourth-order valence-corrected chi connectivity index (χ4v) is 3.19. The standard InChI is InChI=1S/C11H13N3O2.C7H7FN2O/c1-13-7-4-5-14(6-7)9-3-2-8(11(15)16)12-10(9)13;1-5-2-7(10-4-11)9-3-6(5)8/h2-3,7H,4-6H2,1H3,(H,15,16);2-4H,1H3,(H,9,10,11). The number of anilines is 3. The van der Waals surface area contributed by atoms with Gasteiger partial charge in [0.2, 0.25) is 6.41 Å². The molecule has 1 saturated heterocycles. The van der Waals surface area contributed by atoms with E-state index in [0.29, 0.717) is 23.8 Å². The zero-order valence-corrected chi connectivity index (χ0v) is 15.0. The molecule has 2 aliphatic heterocycles. The van der Waals surface area contributed by atoms with Crippen LogP contribution < -0.4 is 15.1 Å². The zero-order valence-electron chi connectivity index (χ0n) is 15.0.